The van der Waals surface area contributed by atoms with Crippen molar-refractivity contribution in [3.63, 3.8) is 0 Å². The summed E-state index contributed by atoms with van der Waals surface area (Å²) in [4.78, 5) is 29.2. The maximum absolute atomic E-state index is 13.3. The van der Waals surface area contributed by atoms with Gasteiger partial charge < -0.3 is 9.84 Å². The van der Waals surface area contributed by atoms with Crippen LogP contribution in [-0.4, -0.2) is 23.9 Å². The van der Waals surface area contributed by atoms with E-state index in [1.54, 1.807) is 32.3 Å². The fourth-order valence-electron chi connectivity index (χ4n) is 4.23. The summed E-state index contributed by atoms with van der Waals surface area (Å²) < 4.78 is 5.37. The molecule has 0 aliphatic carbocycles. The molecule has 4 rings (SSSR count). The largest absolute Gasteiger partial charge is 0.503 e. The molecule has 5 nitrogen and oxygen atoms in total. The number of aliphatic hydroxyl groups is 1. The molecule has 1 aliphatic heterocycles. The SMILES string of the molecule is COCc1ccccc1[C@@H]1C(C(=O)C(C)C)=C(O)C(=O)N1c1ccc(-c2csc(C)c2)cc1. The van der Waals surface area contributed by atoms with Crippen molar-refractivity contribution in [2.24, 2.45) is 5.92 Å². The molecule has 1 amide bonds. The smallest absolute Gasteiger partial charge is 0.294 e. The highest BCUT2D eigenvalue weighted by Crippen LogP contribution is 2.43. The molecule has 1 N–H and O–H groups in total. The van der Waals surface area contributed by atoms with Crippen LogP contribution in [0.2, 0.25) is 0 Å². The second-order valence-corrected chi connectivity index (χ2v) is 9.60. The molecule has 0 radical (unpaired) electrons. The lowest BCUT2D eigenvalue weighted by molar-refractivity contribution is -0.119. The minimum Gasteiger partial charge on any atom is -0.503 e. The van der Waals surface area contributed by atoms with E-state index in [0.29, 0.717) is 12.3 Å². The lowest BCUT2D eigenvalue weighted by Crippen LogP contribution is -2.32. The Balaban J connectivity index is 1.83. The molecule has 0 unspecified atom stereocenters. The van der Waals surface area contributed by atoms with Gasteiger partial charge in [-0.25, -0.2) is 0 Å². The number of carbonyl (C=O) groups excluding carboxylic acids is 2. The van der Waals surface area contributed by atoms with Crippen LogP contribution in [0.1, 0.15) is 35.9 Å². The van der Waals surface area contributed by atoms with Gasteiger partial charge in [0.15, 0.2) is 11.5 Å². The summed E-state index contributed by atoms with van der Waals surface area (Å²) >= 11 is 1.69. The van der Waals surface area contributed by atoms with Gasteiger partial charge in [0.05, 0.1) is 18.2 Å². The summed E-state index contributed by atoms with van der Waals surface area (Å²) in [5.41, 5.74) is 4.54. The van der Waals surface area contributed by atoms with Gasteiger partial charge >= 0.3 is 0 Å². The lowest BCUT2D eigenvalue weighted by atomic mass is 9.89. The molecule has 1 aromatic heterocycles. The number of ketones is 1. The highest BCUT2D eigenvalue weighted by molar-refractivity contribution is 7.10. The average Bonchev–Trinajstić information content (AvgIpc) is 3.35. The summed E-state index contributed by atoms with van der Waals surface area (Å²) in [6.45, 7) is 5.93. The van der Waals surface area contributed by atoms with Crippen LogP contribution in [0, 0.1) is 12.8 Å². The van der Waals surface area contributed by atoms with Crippen molar-refractivity contribution in [1.82, 2.24) is 0 Å². The van der Waals surface area contributed by atoms with Gasteiger partial charge in [-0.2, -0.15) is 0 Å². The van der Waals surface area contributed by atoms with Crippen molar-refractivity contribution in [1.29, 1.82) is 0 Å². The van der Waals surface area contributed by atoms with Crippen LogP contribution in [0.25, 0.3) is 11.1 Å². The normalized spacial score (nSPS) is 16.2. The third kappa shape index (κ3) is 4.24. The number of rotatable bonds is 7. The number of hydrogen-bond donors (Lipinski definition) is 1. The Kier molecular flexibility index (Phi) is 6.49. The molecule has 0 saturated heterocycles. The Labute approximate surface area is 197 Å². The molecule has 0 spiro atoms. The van der Waals surface area contributed by atoms with Crippen LogP contribution in [0.5, 0.6) is 0 Å². The van der Waals surface area contributed by atoms with Crippen LogP contribution >= 0.6 is 11.3 Å². The van der Waals surface area contributed by atoms with Crippen molar-refractivity contribution in [2.45, 2.75) is 33.4 Å². The summed E-state index contributed by atoms with van der Waals surface area (Å²) in [6.07, 6.45) is 0. The number of benzene rings is 2. The van der Waals surface area contributed by atoms with E-state index in [1.807, 2.05) is 48.5 Å². The fourth-order valence-corrected chi connectivity index (χ4v) is 4.94. The zero-order chi connectivity index (χ0) is 23.7. The van der Waals surface area contributed by atoms with Crippen LogP contribution in [0.3, 0.4) is 0 Å². The Morgan fingerprint density at radius 1 is 1.12 bits per heavy atom. The second kappa shape index (κ2) is 9.33. The van der Waals surface area contributed by atoms with Crippen molar-refractivity contribution in [3.05, 3.63) is 87.3 Å². The monoisotopic (exact) mass is 461 g/mol. The molecule has 0 fully saturated rings. The van der Waals surface area contributed by atoms with Gasteiger partial charge in [0.25, 0.3) is 5.91 Å². The van der Waals surface area contributed by atoms with Crippen LogP contribution in [-0.2, 0) is 20.9 Å². The Hall–Kier alpha value is -3.22. The Bertz CT molecular complexity index is 1220. The topological polar surface area (TPSA) is 66.8 Å². The molecule has 33 heavy (non-hydrogen) atoms. The first-order chi connectivity index (χ1) is 15.8. The molecular weight excluding hydrogens is 434 g/mol. The predicted octanol–water partition coefficient (Wildman–Crippen LogP) is 6.00. The number of nitrogens with zero attached hydrogens (tertiary/aromatic N) is 1. The van der Waals surface area contributed by atoms with Crippen molar-refractivity contribution in [3.8, 4) is 11.1 Å². The molecule has 170 valence electrons. The van der Waals surface area contributed by atoms with E-state index in [2.05, 4.69) is 18.4 Å². The second-order valence-electron chi connectivity index (χ2n) is 8.48. The number of Topliss-reactive ketones (excluding diaryl/α,β-unsaturated/α-hetero) is 1. The zero-order valence-electron chi connectivity index (χ0n) is 19.2. The van der Waals surface area contributed by atoms with Crippen LogP contribution in [0.15, 0.2) is 71.3 Å². The number of hydrogen-bond acceptors (Lipinski definition) is 5. The first-order valence-electron chi connectivity index (χ1n) is 10.9. The summed E-state index contributed by atoms with van der Waals surface area (Å²) in [7, 11) is 1.60. The summed E-state index contributed by atoms with van der Waals surface area (Å²) in [6, 6.07) is 16.6. The quantitative estimate of drug-likeness (QED) is 0.469. The van der Waals surface area contributed by atoms with Gasteiger partial charge in [-0.05, 0) is 52.8 Å². The summed E-state index contributed by atoms with van der Waals surface area (Å²) in [5.74, 6) is -1.67. The maximum atomic E-state index is 13.3. The van der Waals surface area contributed by atoms with Crippen molar-refractivity contribution < 1.29 is 19.4 Å². The van der Waals surface area contributed by atoms with E-state index in [4.69, 9.17) is 4.74 Å². The number of amides is 1. The van der Waals surface area contributed by atoms with E-state index >= 15 is 0 Å². The third-order valence-corrected chi connectivity index (χ3v) is 6.72. The number of aliphatic hydroxyl groups excluding tert-OH is 1. The van der Waals surface area contributed by atoms with E-state index in [9.17, 15) is 14.7 Å². The number of carbonyl (C=O) groups is 2. The van der Waals surface area contributed by atoms with Gasteiger partial charge in [0, 0.05) is 23.6 Å². The van der Waals surface area contributed by atoms with E-state index in [0.717, 1.165) is 22.3 Å². The van der Waals surface area contributed by atoms with E-state index in [1.165, 1.54) is 9.78 Å². The minimum atomic E-state index is -0.729. The molecule has 1 atom stereocenters. The van der Waals surface area contributed by atoms with E-state index in [-0.39, 0.29) is 17.3 Å². The minimum absolute atomic E-state index is 0.135. The Morgan fingerprint density at radius 2 is 1.82 bits per heavy atom. The molecule has 0 bridgehead atoms. The summed E-state index contributed by atoms with van der Waals surface area (Å²) in [5, 5.41) is 12.9. The molecule has 6 heteroatoms. The van der Waals surface area contributed by atoms with Gasteiger partial charge in [-0.3, -0.25) is 14.5 Å². The first-order valence-corrected chi connectivity index (χ1v) is 11.7. The first kappa shape index (κ1) is 23.0. The zero-order valence-corrected chi connectivity index (χ0v) is 20.0. The molecule has 3 aromatic rings. The molecule has 2 aromatic carbocycles. The number of methoxy groups -OCH3 is 1. The van der Waals surface area contributed by atoms with Crippen molar-refractivity contribution >= 4 is 28.7 Å². The maximum Gasteiger partial charge on any atom is 0.294 e. The third-order valence-electron chi connectivity index (χ3n) is 5.86. The number of ether oxygens (including phenoxy) is 1. The predicted molar refractivity (Wildman–Crippen MR) is 131 cm³/mol. The van der Waals surface area contributed by atoms with E-state index < -0.39 is 17.7 Å². The highest BCUT2D eigenvalue weighted by atomic mass is 32.1. The van der Waals surface area contributed by atoms with Gasteiger partial charge in [0.1, 0.15) is 0 Å². The molecular formula is C27H27NO4S. The lowest BCUT2D eigenvalue weighted by Gasteiger charge is -2.29. The van der Waals surface area contributed by atoms with Crippen LogP contribution in [0.4, 0.5) is 5.69 Å². The highest BCUT2D eigenvalue weighted by Gasteiger charge is 2.45. The van der Waals surface area contributed by atoms with Gasteiger partial charge in [-0.15, -0.1) is 11.3 Å². The fraction of sp³-hybridized carbons (Fsp3) is 0.259. The molecule has 2 heterocycles. The number of thiophene rings is 1. The van der Waals surface area contributed by atoms with Gasteiger partial charge in [0.2, 0.25) is 0 Å². The number of anilines is 1. The molecule has 1 aliphatic rings. The Morgan fingerprint density at radius 3 is 2.42 bits per heavy atom. The molecule has 0 saturated carbocycles. The van der Waals surface area contributed by atoms with Crippen LogP contribution < -0.4 is 4.90 Å². The van der Waals surface area contributed by atoms with Gasteiger partial charge in [-0.1, -0.05) is 50.2 Å². The standard InChI is InChI=1S/C27H27NO4S/c1-16(2)25(29)23-24(22-8-6-5-7-19(22)14-32-4)28(27(31)26(23)30)21-11-9-18(10-12-21)20-13-17(3)33-15-20/h5-13,15-16,24,30H,14H2,1-4H3/t24-/m1/s1. The number of aryl methyl sites for hydroxylation is 1. The van der Waals surface area contributed by atoms with Crippen molar-refractivity contribution in [2.75, 3.05) is 12.0 Å². The average molecular weight is 462 g/mol.